The van der Waals surface area contributed by atoms with Crippen molar-refractivity contribution in [3.63, 3.8) is 0 Å². The summed E-state index contributed by atoms with van der Waals surface area (Å²) in [5.74, 6) is 1.62. The monoisotopic (exact) mass is 340 g/mol. The summed E-state index contributed by atoms with van der Waals surface area (Å²) in [5, 5.41) is 0. The normalized spacial score (nSPS) is 14.3. The molecule has 2 aromatic rings. The van der Waals surface area contributed by atoms with Crippen molar-refractivity contribution in [1.82, 2.24) is 4.90 Å². The van der Waals surface area contributed by atoms with E-state index in [9.17, 15) is 4.79 Å². The van der Waals surface area contributed by atoms with Gasteiger partial charge in [-0.1, -0.05) is 17.7 Å². The Morgan fingerprint density at radius 2 is 1.52 bits per heavy atom. The molecule has 0 N–H and O–H groups in total. The van der Waals surface area contributed by atoms with E-state index in [0.29, 0.717) is 13.1 Å². The van der Waals surface area contributed by atoms with Crippen molar-refractivity contribution in [1.29, 1.82) is 0 Å². The summed E-state index contributed by atoms with van der Waals surface area (Å²) < 4.78 is 10.8. The number of anilines is 1. The summed E-state index contributed by atoms with van der Waals surface area (Å²) in [5.41, 5.74) is 2.33. The van der Waals surface area contributed by atoms with Gasteiger partial charge in [-0.05, 0) is 43.3 Å². The molecule has 5 heteroatoms. The summed E-state index contributed by atoms with van der Waals surface area (Å²) in [6, 6.07) is 15.8. The minimum atomic E-state index is 0.0370. The predicted molar refractivity (Wildman–Crippen MR) is 98.5 cm³/mol. The van der Waals surface area contributed by atoms with Gasteiger partial charge >= 0.3 is 0 Å². The van der Waals surface area contributed by atoms with Crippen LogP contribution in [0.25, 0.3) is 0 Å². The molecule has 0 saturated carbocycles. The third-order valence-electron chi connectivity index (χ3n) is 4.45. The van der Waals surface area contributed by atoms with Gasteiger partial charge < -0.3 is 19.3 Å². The van der Waals surface area contributed by atoms with E-state index in [4.69, 9.17) is 9.47 Å². The van der Waals surface area contributed by atoms with Crippen molar-refractivity contribution in [2.75, 3.05) is 44.8 Å². The number of methoxy groups -OCH3 is 1. The molecule has 0 radical (unpaired) electrons. The summed E-state index contributed by atoms with van der Waals surface area (Å²) in [6.07, 6.45) is 0. The lowest BCUT2D eigenvalue weighted by atomic mass is 10.2. The number of rotatable bonds is 5. The summed E-state index contributed by atoms with van der Waals surface area (Å²) in [4.78, 5) is 16.5. The maximum Gasteiger partial charge on any atom is 0.260 e. The highest BCUT2D eigenvalue weighted by Crippen LogP contribution is 2.20. The molecule has 0 unspecified atom stereocenters. The first-order chi connectivity index (χ1) is 12.2. The van der Waals surface area contributed by atoms with E-state index < -0.39 is 0 Å². The predicted octanol–water partition coefficient (Wildman–Crippen LogP) is 2.73. The second-order valence-corrected chi connectivity index (χ2v) is 6.17. The maximum atomic E-state index is 12.3. The molecule has 0 aromatic heterocycles. The molecule has 5 nitrogen and oxygen atoms in total. The van der Waals surface area contributed by atoms with Crippen LogP contribution < -0.4 is 14.4 Å². The Balaban J connectivity index is 1.47. The Kier molecular flexibility index (Phi) is 5.43. The van der Waals surface area contributed by atoms with Crippen LogP contribution in [0.15, 0.2) is 48.5 Å². The first-order valence-electron chi connectivity index (χ1n) is 8.52. The Hall–Kier alpha value is -2.69. The summed E-state index contributed by atoms with van der Waals surface area (Å²) in [6.45, 7) is 5.18. The molecule has 1 aliphatic heterocycles. The topological polar surface area (TPSA) is 42.0 Å². The highest BCUT2D eigenvalue weighted by atomic mass is 16.5. The van der Waals surface area contributed by atoms with E-state index in [2.05, 4.69) is 17.0 Å². The standard InChI is InChI=1S/C20H24N2O3/c1-16-3-7-19(8-4-16)25-15-20(23)22-13-11-21(12-14-22)17-5-9-18(24-2)10-6-17/h3-10H,11-15H2,1-2H3. The fraction of sp³-hybridized carbons (Fsp3) is 0.350. The molecular formula is C20H24N2O3. The van der Waals surface area contributed by atoms with Gasteiger partial charge in [-0.3, -0.25) is 4.79 Å². The third-order valence-corrected chi connectivity index (χ3v) is 4.45. The Labute approximate surface area is 148 Å². The van der Waals surface area contributed by atoms with Crippen LogP contribution in [0.2, 0.25) is 0 Å². The molecule has 1 saturated heterocycles. The van der Waals surface area contributed by atoms with E-state index in [1.807, 2.05) is 48.2 Å². The van der Waals surface area contributed by atoms with Crippen LogP contribution in [0.5, 0.6) is 11.5 Å². The van der Waals surface area contributed by atoms with Gasteiger partial charge in [-0.15, -0.1) is 0 Å². The van der Waals surface area contributed by atoms with Crippen molar-refractivity contribution < 1.29 is 14.3 Å². The molecule has 1 amide bonds. The number of carbonyl (C=O) groups excluding carboxylic acids is 1. The lowest BCUT2D eigenvalue weighted by Gasteiger charge is -2.36. The Morgan fingerprint density at radius 1 is 0.920 bits per heavy atom. The quantitative estimate of drug-likeness (QED) is 0.839. The average Bonchev–Trinajstić information content (AvgIpc) is 2.67. The van der Waals surface area contributed by atoms with Gasteiger partial charge in [0.1, 0.15) is 11.5 Å². The first kappa shape index (κ1) is 17.1. The minimum absolute atomic E-state index is 0.0370. The average molecular weight is 340 g/mol. The van der Waals surface area contributed by atoms with Crippen LogP contribution in [0, 0.1) is 6.92 Å². The van der Waals surface area contributed by atoms with Crippen molar-refractivity contribution in [2.45, 2.75) is 6.92 Å². The number of benzene rings is 2. The number of nitrogens with zero attached hydrogens (tertiary/aromatic N) is 2. The number of ether oxygens (including phenoxy) is 2. The number of aryl methyl sites for hydroxylation is 1. The number of carbonyl (C=O) groups is 1. The second-order valence-electron chi connectivity index (χ2n) is 6.17. The number of amides is 1. The molecule has 0 spiro atoms. The first-order valence-corrected chi connectivity index (χ1v) is 8.52. The summed E-state index contributed by atoms with van der Waals surface area (Å²) in [7, 11) is 1.66. The minimum Gasteiger partial charge on any atom is -0.497 e. The van der Waals surface area contributed by atoms with Crippen molar-refractivity contribution >= 4 is 11.6 Å². The van der Waals surface area contributed by atoms with Gasteiger partial charge in [0.15, 0.2) is 6.61 Å². The molecule has 0 atom stereocenters. The third kappa shape index (κ3) is 4.44. The van der Waals surface area contributed by atoms with E-state index in [0.717, 1.165) is 30.3 Å². The molecule has 1 fully saturated rings. The molecule has 0 aliphatic carbocycles. The van der Waals surface area contributed by atoms with Crippen LogP contribution in [0.1, 0.15) is 5.56 Å². The van der Waals surface area contributed by atoms with Crippen molar-refractivity contribution in [3.8, 4) is 11.5 Å². The Bertz CT molecular complexity index is 690. The second kappa shape index (κ2) is 7.92. The summed E-state index contributed by atoms with van der Waals surface area (Å²) >= 11 is 0. The highest BCUT2D eigenvalue weighted by Gasteiger charge is 2.21. The molecule has 2 aromatic carbocycles. The molecule has 1 aliphatic rings. The molecule has 25 heavy (non-hydrogen) atoms. The molecule has 3 rings (SSSR count). The maximum absolute atomic E-state index is 12.3. The zero-order chi connectivity index (χ0) is 17.6. The van der Waals surface area contributed by atoms with Gasteiger partial charge in [0.05, 0.1) is 7.11 Å². The lowest BCUT2D eigenvalue weighted by Crippen LogP contribution is -2.50. The largest absolute Gasteiger partial charge is 0.497 e. The van der Waals surface area contributed by atoms with Gasteiger partial charge in [-0.25, -0.2) is 0 Å². The van der Waals surface area contributed by atoms with Crippen LogP contribution in [-0.4, -0.2) is 50.7 Å². The zero-order valence-corrected chi connectivity index (χ0v) is 14.8. The number of hydrogen-bond acceptors (Lipinski definition) is 4. The van der Waals surface area contributed by atoms with Crippen molar-refractivity contribution in [3.05, 3.63) is 54.1 Å². The molecule has 132 valence electrons. The lowest BCUT2D eigenvalue weighted by molar-refractivity contribution is -0.133. The zero-order valence-electron chi connectivity index (χ0n) is 14.8. The van der Waals surface area contributed by atoms with Crippen LogP contribution in [0.3, 0.4) is 0 Å². The van der Waals surface area contributed by atoms with E-state index in [1.54, 1.807) is 7.11 Å². The molecular weight excluding hydrogens is 316 g/mol. The fourth-order valence-corrected chi connectivity index (χ4v) is 2.88. The Morgan fingerprint density at radius 3 is 2.12 bits per heavy atom. The van der Waals surface area contributed by atoms with Gasteiger partial charge in [0, 0.05) is 31.9 Å². The smallest absolute Gasteiger partial charge is 0.260 e. The van der Waals surface area contributed by atoms with Crippen LogP contribution in [0.4, 0.5) is 5.69 Å². The fourth-order valence-electron chi connectivity index (χ4n) is 2.88. The molecule has 0 bridgehead atoms. The van der Waals surface area contributed by atoms with Gasteiger partial charge in [-0.2, -0.15) is 0 Å². The van der Waals surface area contributed by atoms with E-state index in [1.165, 1.54) is 5.56 Å². The highest BCUT2D eigenvalue weighted by molar-refractivity contribution is 5.78. The van der Waals surface area contributed by atoms with Gasteiger partial charge in [0.2, 0.25) is 0 Å². The number of piperazine rings is 1. The molecule has 1 heterocycles. The van der Waals surface area contributed by atoms with Gasteiger partial charge in [0.25, 0.3) is 5.91 Å². The SMILES string of the molecule is COc1ccc(N2CCN(C(=O)COc3ccc(C)cc3)CC2)cc1. The van der Waals surface area contributed by atoms with Crippen LogP contribution in [-0.2, 0) is 4.79 Å². The van der Waals surface area contributed by atoms with Crippen molar-refractivity contribution in [2.24, 2.45) is 0 Å². The number of hydrogen-bond donors (Lipinski definition) is 0. The van der Waals surface area contributed by atoms with Crippen LogP contribution >= 0.6 is 0 Å². The van der Waals surface area contributed by atoms with E-state index >= 15 is 0 Å². The van der Waals surface area contributed by atoms with E-state index in [-0.39, 0.29) is 12.5 Å².